The van der Waals surface area contributed by atoms with Crippen LogP contribution in [0.5, 0.6) is 0 Å². The number of carbonyl (C=O) groups is 2. The molecule has 2 N–H and O–H groups in total. The Hall–Kier alpha value is -1.20. The number of hydrogen-bond donors (Lipinski definition) is 2. The molecule has 1 aromatic rings. The summed E-state index contributed by atoms with van der Waals surface area (Å²) in [6.45, 7) is 5.99. The van der Waals surface area contributed by atoms with Crippen molar-refractivity contribution < 1.29 is 14.7 Å². The van der Waals surface area contributed by atoms with Gasteiger partial charge >= 0.3 is 5.97 Å². The largest absolute Gasteiger partial charge is 0.478 e. The van der Waals surface area contributed by atoms with Crippen LogP contribution in [0.1, 0.15) is 31.1 Å². The first-order valence-electron chi connectivity index (χ1n) is 6.32. The SMILES string of the molecule is CCSC(C(=O)Nc1ccc(C(=O)O)c(Cl)c1)C(C)C. The first kappa shape index (κ1) is 16.9. The Labute approximate surface area is 127 Å². The third-order valence-electron chi connectivity index (χ3n) is 2.68. The van der Waals surface area contributed by atoms with Crippen molar-refractivity contribution in [1.29, 1.82) is 0 Å². The number of carboxylic acids is 1. The summed E-state index contributed by atoms with van der Waals surface area (Å²) in [5.41, 5.74) is 0.528. The summed E-state index contributed by atoms with van der Waals surface area (Å²) in [5.74, 6) is -0.108. The molecule has 0 bridgehead atoms. The Morgan fingerprint density at radius 1 is 1.40 bits per heavy atom. The van der Waals surface area contributed by atoms with Gasteiger partial charge in [-0.3, -0.25) is 4.79 Å². The molecule has 1 amide bonds. The second kappa shape index (κ2) is 7.55. The van der Waals surface area contributed by atoms with E-state index in [0.717, 1.165) is 5.75 Å². The van der Waals surface area contributed by atoms with E-state index >= 15 is 0 Å². The van der Waals surface area contributed by atoms with Crippen LogP contribution < -0.4 is 5.32 Å². The summed E-state index contributed by atoms with van der Waals surface area (Å²) in [4.78, 5) is 23.0. The fourth-order valence-electron chi connectivity index (χ4n) is 1.73. The van der Waals surface area contributed by atoms with E-state index in [0.29, 0.717) is 5.69 Å². The highest BCUT2D eigenvalue weighted by Crippen LogP contribution is 2.24. The molecule has 1 rings (SSSR count). The minimum atomic E-state index is -1.09. The van der Waals surface area contributed by atoms with Gasteiger partial charge in [0.25, 0.3) is 0 Å². The molecule has 0 aromatic heterocycles. The average Bonchev–Trinajstić information content (AvgIpc) is 2.34. The smallest absolute Gasteiger partial charge is 0.337 e. The molecule has 0 aliphatic carbocycles. The van der Waals surface area contributed by atoms with Crippen LogP contribution in [0, 0.1) is 5.92 Å². The Balaban J connectivity index is 2.85. The standard InChI is InChI=1S/C14H18ClNO3S/c1-4-20-12(8(2)3)13(17)16-9-5-6-10(14(18)19)11(15)7-9/h5-8,12H,4H2,1-3H3,(H,16,17)(H,18,19). The van der Waals surface area contributed by atoms with E-state index in [2.05, 4.69) is 5.32 Å². The van der Waals surface area contributed by atoms with Gasteiger partial charge in [-0.05, 0) is 29.9 Å². The maximum atomic E-state index is 12.2. The van der Waals surface area contributed by atoms with Crippen molar-refractivity contribution >= 4 is 40.9 Å². The van der Waals surface area contributed by atoms with Crippen LogP contribution in [0.3, 0.4) is 0 Å². The van der Waals surface area contributed by atoms with Crippen LogP contribution >= 0.6 is 23.4 Å². The minimum Gasteiger partial charge on any atom is -0.478 e. The van der Waals surface area contributed by atoms with Crippen LogP contribution in [0.4, 0.5) is 5.69 Å². The van der Waals surface area contributed by atoms with Gasteiger partial charge in [0.1, 0.15) is 0 Å². The number of carbonyl (C=O) groups excluding carboxylic acids is 1. The first-order valence-corrected chi connectivity index (χ1v) is 7.74. The summed E-state index contributed by atoms with van der Waals surface area (Å²) in [6, 6.07) is 4.38. The zero-order chi connectivity index (χ0) is 15.3. The van der Waals surface area contributed by atoms with Crippen LogP contribution in [-0.4, -0.2) is 28.0 Å². The van der Waals surface area contributed by atoms with Crippen LogP contribution in [0.15, 0.2) is 18.2 Å². The van der Waals surface area contributed by atoms with E-state index in [1.54, 1.807) is 17.8 Å². The Morgan fingerprint density at radius 2 is 2.05 bits per heavy atom. The Kier molecular flexibility index (Phi) is 6.36. The van der Waals surface area contributed by atoms with Gasteiger partial charge in [-0.1, -0.05) is 32.4 Å². The lowest BCUT2D eigenvalue weighted by Crippen LogP contribution is -2.29. The number of amides is 1. The molecule has 0 fully saturated rings. The number of benzene rings is 1. The topological polar surface area (TPSA) is 66.4 Å². The van der Waals surface area contributed by atoms with E-state index in [1.807, 2.05) is 20.8 Å². The minimum absolute atomic E-state index is 0.0213. The molecule has 110 valence electrons. The molecule has 1 atom stereocenters. The van der Waals surface area contributed by atoms with Gasteiger partial charge in [0.2, 0.25) is 5.91 Å². The second-order valence-electron chi connectivity index (χ2n) is 4.61. The maximum absolute atomic E-state index is 12.2. The third-order valence-corrected chi connectivity index (χ3v) is 4.44. The van der Waals surface area contributed by atoms with Gasteiger partial charge in [0.05, 0.1) is 15.8 Å². The van der Waals surface area contributed by atoms with Crippen molar-refractivity contribution in [1.82, 2.24) is 0 Å². The molecule has 0 aliphatic rings. The van der Waals surface area contributed by atoms with Crippen molar-refractivity contribution in [3.8, 4) is 0 Å². The summed E-state index contributed by atoms with van der Waals surface area (Å²) in [7, 11) is 0. The second-order valence-corrected chi connectivity index (χ2v) is 6.43. The van der Waals surface area contributed by atoms with Gasteiger partial charge < -0.3 is 10.4 Å². The normalized spacial score (nSPS) is 12.2. The first-order chi connectivity index (χ1) is 9.36. The molecule has 0 heterocycles. The predicted octanol–water partition coefficient (Wildman–Crippen LogP) is 3.75. The summed E-state index contributed by atoms with van der Waals surface area (Å²) < 4.78 is 0. The summed E-state index contributed by atoms with van der Waals surface area (Å²) in [6.07, 6.45) is 0. The van der Waals surface area contributed by atoms with Gasteiger partial charge in [-0.25, -0.2) is 4.79 Å². The quantitative estimate of drug-likeness (QED) is 0.839. The van der Waals surface area contributed by atoms with Crippen LogP contribution in [0.2, 0.25) is 5.02 Å². The zero-order valence-corrected chi connectivity index (χ0v) is 13.2. The van der Waals surface area contributed by atoms with E-state index < -0.39 is 5.97 Å². The lowest BCUT2D eigenvalue weighted by molar-refractivity contribution is -0.116. The number of thioether (sulfide) groups is 1. The molecule has 4 nitrogen and oxygen atoms in total. The van der Waals surface area contributed by atoms with Gasteiger partial charge in [0, 0.05) is 5.69 Å². The van der Waals surface area contributed by atoms with E-state index in [-0.39, 0.29) is 27.7 Å². The van der Waals surface area contributed by atoms with Crippen LogP contribution in [0.25, 0.3) is 0 Å². The lowest BCUT2D eigenvalue weighted by atomic mass is 10.1. The fraction of sp³-hybridized carbons (Fsp3) is 0.429. The number of hydrogen-bond acceptors (Lipinski definition) is 3. The highest BCUT2D eigenvalue weighted by atomic mass is 35.5. The van der Waals surface area contributed by atoms with E-state index in [1.165, 1.54) is 12.1 Å². The molecular formula is C14H18ClNO3S. The van der Waals surface area contributed by atoms with E-state index in [4.69, 9.17) is 16.7 Å². The average molecular weight is 316 g/mol. The lowest BCUT2D eigenvalue weighted by Gasteiger charge is -2.19. The molecule has 1 unspecified atom stereocenters. The summed E-state index contributed by atoms with van der Waals surface area (Å²) in [5, 5.41) is 11.6. The number of halogens is 1. The van der Waals surface area contributed by atoms with Crippen molar-refractivity contribution in [2.75, 3.05) is 11.1 Å². The summed E-state index contributed by atoms with van der Waals surface area (Å²) >= 11 is 7.46. The number of carboxylic acid groups (broad SMARTS) is 1. The van der Waals surface area contributed by atoms with Crippen LogP contribution in [-0.2, 0) is 4.79 Å². The molecule has 20 heavy (non-hydrogen) atoms. The molecule has 1 aromatic carbocycles. The highest BCUT2D eigenvalue weighted by Gasteiger charge is 2.22. The number of anilines is 1. The van der Waals surface area contributed by atoms with Gasteiger partial charge in [0.15, 0.2) is 0 Å². The highest BCUT2D eigenvalue weighted by molar-refractivity contribution is 8.00. The molecule has 0 radical (unpaired) electrons. The number of rotatable bonds is 6. The fourth-order valence-corrected chi connectivity index (χ4v) is 2.95. The Morgan fingerprint density at radius 3 is 2.50 bits per heavy atom. The molecular weight excluding hydrogens is 298 g/mol. The predicted molar refractivity (Wildman–Crippen MR) is 83.8 cm³/mol. The molecule has 0 saturated heterocycles. The molecule has 0 aliphatic heterocycles. The van der Waals surface area contributed by atoms with Gasteiger partial charge in [-0.2, -0.15) is 0 Å². The maximum Gasteiger partial charge on any atom is 0.337 e. The molecule has 6 heteroatoms. The molecule has 0 saturated carbocycles. The van der Waals surface area contributed by atoms with Crippen molar-refractivity contribution in [3.63, 3.8) is 0 Å². The number of nitrogens with one attached hydrogen (secondary N) is 1. The monoisotopic (exact) mass is 315 g/mol. The van der Waals surface area contributed by atoms with Crippen molar-refractivity contribution in [3.05, 3.63) is 28.8 Å². The van der Waals surface area contributed by atoms with E-state index in [9.17, 15) is 9.59 Å². The van der Waals surface area contributed by atoms with Crippen molar-refractivity contribution in [2.24, 2.45) is 5.92 Å². The van der Waals surface area contributed by atoms with Gasteiger partial charge in [-0.15, -0.1) is 11.8 Å². The Bertz CT molecular complexity index is 505. The third kappa shape index (κ3) is 4.42. The van der Waals surface area contributed by atoms with Crippen molar-refractivity contribution in [2.45, 2.75) is 26.0 Å². The zero-order valence-electron chi connectivity index (χ0n) is 11.6. The number of aromatic carboxylic acids is 1. The molecule has 0 spiro atoms.